The van der Waals surface area contributed by atoms with E-state index in [4.69, 9.17) is 0 Å². The van der Waals surface area contributed by atoms with Gasteiger partial charge in [-0.25, -0.2) is 9.78 Å². The predicted octanol–water partition coefficient (Wildman–Crippen LogP) is 7.48. The monoisotopic (exact) mass is 527 g/mol. The Morgan fingerprint density at radius 2 is 1.74 bits per heavy atom. The largest absolute Gasteiger partial charge is 0.480 e. The summed E-state index contributed by atoms with van der Waals surface area (Å²) in [4.78, 5) is 33.2. The minimum atomic E-state index is -0.970. The number of carbonyl (C=O) groups excluding carboxylic acids is 1. The normalized spacial score (nSPS) is 14.1. The number of hydrogen-bond donors (Lipinski definition) is 2. The zero-order valence-corrected chi connectivity index (χ0v) is 22.2. The Balaban J connectivity index is 1.47. The summed E-state index contributed by atoms with van der Waals surface area (Å²) >= 11 is 4.20. The van der Waals surface area contributed by atoms with Gasteiger partial charge in [-0.3, -0.25) is 15.0 Å². The zero-order valence-electron chi connectivity index (χ0n) is 19.8. The standard InChI is InChI=1S/C26H29N3O3S3/c1-26(2,23(30)31)35-22-16-27-24(34-22)28-25(32)29(17-18-8-6-7-9-18)19-12-14-21(15-13-19)33-20-10-4-3-5-11-20/h3-5,10-16,18H,6-9,17H2,1-2H3,(H,30,31)(H,27,28,32). The lowest BCUT2D eigenvalue weighted by atomic mass is 10.1. The number of carboxylic acids is 1. The van der Waals surface area contributed by atoms with E-state index in [1.165, 1.54) is 40.8 Å². The number of aliphatic carboxylic acids is 1. The molecule has 0 saturated heterocycles. The highest BCUT2D eigenvalue weighted by atomic mass is 32.2. The maximum Gasteiger partial charge on any atom is 0.328 e. The Morgan fingerprint density at radius 3 is 2.40 bits per heavy atom. The fourth-order valence-electron chi connectivity index (χ4n) is 3.89. The molecule has 2 amide bonds. The van der Waals surface area contributed by atoms with Gasteiger partial charge in [-0.2, -0.15) is 0 Å². The lowest BCUT2D eigenvalue weighted by molar-refractivity contribution is -0.138. The van der Waals surface area contributed by atoms with Crippen molar-refractivity contribution in [3.8, 4) is 0 Å². The number of thiazole rings is 1. The Labute approximate surface area is 218 Å². The quantitative estimate of drug-likeness (QED) is 0.281. The number of amides is 2. The summed E-state index contributed by atoms with van der Waals surface area (Å²) in [7, 11) is 0. The molecule has 184 valence electrons. The Morgan fingerprint density at radius 1 is 1.09 bits per heavy atom. The molecule has 0 radical (unpaired) electrons. The van der Waals surface area contributed by atoms with Crippen LogP contribution in [0.25, 0.3) is 0 Å². The molecule has 9 heteroatoms. The van der Waals surface area contributed by atoms with Crippen molar-refractivity contribution in [2.45, 2.75) is 58.3 Å². The molecule has 1 saturated carbocycles. The number of nitrogens with one attached hydrogen (secondary N) is 1. The second kappa shape index (κ2) is 11.5. The summed E-state index contributed by atoms with van der Waals surface area (Å²) in [5, 5.41) is 12.8. The van der Waals surface area contributed by atoms with E-state index in [0.717, 1.165) is 27.6 Å². The van der Waals surface area contributed by atoms with Crippen molar-refractivity contribution in [1.82, 2.24) is 4.98 Å². The number of hydrogen-bond acceptors (Lipinski definition) is 6. The number of anilines is 2. The molecule has 1 fully saturated rings. The summed E-state index contributed by atoms with van der Waals surface area (Å²) in [6, 6.07) is 18.1. The van der Waals surface area contributed by atoms with E-state index < -0.39 is 10.7 Å². The van der Waals surface area contributed by atoms with E-state index in [2.05, 4.69) is 22.4 Å². The summed E-state index contributed by atoms with van der Waals surface area (Å²) in [5.41, 5.74) is 0.852. The Hall–Kier alpha value is -2.49. The first kappa shape index (κ1) is 25.6. The summed E-state index contributed by atoms with van der Waals surface area (Å²) < 4.78 is -0.223. The summed E-state index contributed by atoms with van der Waals surface area (Å²) in [6.07, 6.45) is 6.30. The molecular formula is C26H29N3O3S3. The van der Waals surface area contributed by atoms with Crippen LogP contribution >= 0.6 is 34.9 Å². The highest BCUT2D eigenvalue weighted by Crippen LogP contribution is 2.38. The average molecular weight is 528 g/mol. The Bertz CT molecular complexity index is 1140. The minimum absolute atomic E-state index is 0.219. The van der Waals surface area contributed by atoms with E-state index in [9.17, 15) is 14.7 Å². The molecule has 6 nitrogen and oxygen atoms in total. The summed E-state index contributed by atoms with van der Waals surface area (Å²) in [6.45, 7) is 3.97. The molecule has 35 heavy (non-hydrogen) atoms. The van der Waals surface area contributed by atoms with E-state index in [-0.39, 0.29) is 6.03 Å². The molecule has 1 aromatic heterocycles. The van der Waals surface area contributed by atoms with Gasteiger partial charge >= 0.3 is 12.0 Å². The van der Waals surface area contributed by atoms with Crippen LogP contribution in [0.2, 0.25) is 0 Å². The molecule has 0 aliphatic heterocycles. The molecule has 1 heterocycles. The maximum absolute atomic E-state index is 13.4. The van der Waals surface area contributed by atoms with Crippen molar-refractivity contribution < 1.29 is 14.7 Å². The number of aromatic nitrogens is 1. The second-order valence-electron chi connectivity index (χ2n) is 9.00. The fraction of sp³-hybridized carbons (Fsp3) is 0.346. The number of thioether (sulfide) groups is 1. The van der Waals surface area contributed by atoms with E-state index >= 15 is 0 Å². The molecule has 2 N–H and O–H groups in total. The van der Waals surface area contributed by atoms with Crippen LogP contribution in [-0.4, -0.2) is 33.4 Å². The van der Waals surface area contributed by atoms with Crippen LogP contribution in [0.15, 0.2) is 74.8 Å². The third-order valence-corrected chi connectivity index (χ3v) is 9.07. The lowest BCUT2D eigenvalue weighted by Crippen LogP contribution is -2.38. The molecule has 2 aromatic carbocycles. The Kier molecular flexibility index (Phi) is 8.41. The maximum atomic E-state index is 13.4. The third kappa shape index (κ3) is 7.02. The molecule has 0 unspecified atom stereocenters. The van der Waals surface area contributed by atoms with E-state index in [1.54, 1.807) is 31.8 Å². The molecule has 1 aliphatic rings. The van der Waals surface area contributed by atoms with Crippen LogP contribution in [0.3, 0.4) is 0 Å². The molecule has 4 rings (SSSR count). The number of rotatable bonds is 9. The van der Waals surface area contributed by atoms with Gasteiger partial charge in [0.15, 0.2) is 5.13 Å². The van der Waals surface area contributed by atoms with E-state index in [1.807, 2.05) is 47.4 Å². The zero-order chi connectivity index (χ0) is 24.8. The van der Waals surface area contributed by atoms with Crippen molar-refractivity contribution >= 4 is 57.7 Å². The van der Waals surface area contributed by atoms with Gasteiger partial charge in [0.25, 0.3) is 0 Å². The van der Waals surface area contributed by atoms with Gasteiger partial charge in [0, 0.05) is 22.0 Å². The van der Waals surface area contributed by atoms with Crippen molar-refractivity contribution in [3.63, 3.8) is 0 Å². The lowest BCUT2D eigenvalue weighted by Gasteiger charge is -2.26. The van der Waals surface area contributed by atoms with Crippen LogP contribution in [0.5, 0.6) is 0 Å². The molecule has 0 spiro atoms. The molecule has 1 aliphatic carbocycles. The topological polar surface area (TPSA) is 82.5 Å². The first-order valence-electron chi connectivity index (χ1n) is 11.6. The van der Waals surface area contributed by atoms with E-state index in [0.29, 0.717) is 17.6 Å². The fourth-order valence-corrected chi connectivity index (χ4v) is 7.00. The summed E-state index contributed by atoms with van der Waals surface area (Å²) in [5.74, 6) is -0.406. The van der Waals surface area contributed by atoms with Gasteiger partial charge in [-0.1, -0.05) is 65.9 Å². The van der Waals surface area contributed by atoms with Crippen molar-refractivity contribution in [2.24, 2.45) is 5.92 Å². The first-order valence-corrected chi connectivity index (χ1v) is 14.0. The highest BCUT2D eigenvalue weighted by Gasteiger charge is 2.30. The van der Waals surface area contributed by atoms with Gasteiger partial charge in [-0.15, -0.1) is 0 Å². The molecular weight excluding hydrogens is 499 g/mol. The third-order valence-electron chi connectivity index (χ3n) is 5.86. The van der Waals surface area contributed by atoms with Crippen LogP contribution in [0.1, 0.15) is 39.5 Å². The van der Waals surface area contributed by atoms with Gasteiger partial charge in [0.05, 0.1) is 10.4 Å². The van der Waals surface area contributed by atoms with Gasteiger partial charge in [-0.05, 0) is 69.0 Å². The predicted molar refractivity (Wildman–Crippen MR) is 145 cm³/mol. The number of carbonyl (C=O) groups is 2. The van der Waals surface area contributed by atoms with Crippen molar-refractivity contribution in [3.05, 3.63) is 60.8 Å². The molecule has 0 bridgehead atoms. The van der Waals surface area contributed by atoms with Crippen LogP contribution in [0, 0.1) is 5.92 Å². The van der Waals surface area contributed by atoms with Gasteiger partial charge < -0.3 is 5.11 Å². The smallest absolute Gasteiger partial charge is 0.328 e. The second-order valence-corrected chi connectivity index (χ2v) is 13.1. The molecule has 3 aromatic rings. The van der Waals surface area contributed by atoms with Crippen LogP contribution in [-0.2, 0) is 4.79 Å². The number of carboxylic acid groups (broad SMARTS) is 1. The first-order chi connectivity index (χ1) is 16.8. The van der Waals surface area contributed by atoms with Crippen molar-refractivity contribution in [1.29, 1.82) is 0 Å². The van der Waals surface area contributed by atoms with Crippen LogP contribution < -0.4 is 10.2 Å². The molecule has 0 atom stereocenters. The highest BCUT2D eigenvalue weighted by molar-refractivity contribution is 8.03. The number of benzene rings is 2. The number of urea groups is 1. The average Bonchev–Trinajstić information content (AvgIpc) is 3.50. The number of nitrogens with zero attached hydrogens (tertiary/aromatic N) is 2. The van der Waals surface area contributed by atoms with Gasteiger partial charge in [0.2, 0.25) is 0 Å². The minimum Gasteiger partial charge on any atom is -0.480 e. The van der Waals surface area contributed by atoms with Crippen molar-refractivity contribution in [2.75, 3.05) is 16.8 Å². The van der Waals surface area contributed by atoms with Gasteiger partial charge in [0.1, 0.15) is 4.75 Å². The SMILES string of the molecule is CC(C)(Sc1cnc(NC(=O)N(CC2CCCC2)c2ccc(Sc3ccccc3)cc2)s1)C(=O)O. The van der Waals surface area contributed by atoms with Crippen LogP contribution in [0.4, 0.5) is 15.6 Å².